The molecule has 0 saturated heterocycles. The average molecular weight is 328 g/mol. The van der Waals surface area contributed by atoms with Crippen LogP contribution in [0.3, 0.4) is 0 Å². The predicted octanol–water partition coefficient (Wildman–Crippen LogP) is 8.08. The summed E-state index contributed by atoms with van der Waals surface area (Å²) < 4.78 is 0. The normalized spacial score (nSPS) is 11.4. The van der Waals surface area contributed by atoms with Gasteiger partial charge in [-0.05, 0) is 44.1 Å². The molecule has 0 aliphatic rings. The van der Waals surface area contributed by atoms with Crippen LogP contribution >= 0.6 is 0 Å². The van der Waals surface area contributed by atoms with Crippen molar-refractivity contribution in [3.05, 3.63) is 55.0 Å². The Balaban J connectivity index is 1.76. The maximum absolute atomic E-state index is 3.89. The van der Waals surface area contributed by atoms with E-state index in [1.54, 1.807) is 0 Å². The van der Waals surface area contributed by atoms with Crippen molar-refractivity contribution in [2.45, 2.75) is 96.3 Å². The van der Waals surface area contributed by atoms with E-state index in [1.807, 2.05) is 0 Å². The Labute approximate surface area is 151 Å². The molecule has 1 aromatic rings. The Hall–Kier alpha value is -1.04. The van der Waals surface area contributed by atoms with Crippen LogP contribution in [0.2, 0.25) is 0 Å². The van der Waals surface area contributed by atoms with E-state index < -0.39 is 0 Å². The van der Waals surface area contributed by atoms with Gasteiger partial charge in [0.1, 0.15) is 0 Å². The standard InChI is InChI=1S/C24H39/c1-2-3-4-5-6-7-8-9-10-11-12-13-14-15-16-18-21-24-22-19-17-20-23-24/h9-10,17,19-20,22-23H,1-8,11-16,18,21H2/b10-9-. The van der Waals surface area contributed by atoms with Gasteiger partial charge < -0.3 is 0 Å². The van der Waals surface area contributed by atoms with E-state index in [0.717, 1.165) is 6.42 Å². The maximum Gasteiger partial charge on any atom is -0.0279 e. The predicted molar refractivity (Wildman–Crippen MR) is 109 cm³/mol. The van der Waals surface area contributed by atoms with Gasteiger partial charge in [0.15, 0.2) is 0 Å². The highest BCUT2D eigenvalue weighted by Crippen LogP contribution is 2.11. The summed E-state index contributed by atoms with van der Waals surface area (Å²) in [6, 6.07) is 10.9. The summed E-state index contributed by atoms with van der Waals surface area (Å²) in [7, 11) is 0. The van der Waals surface area contributed by atoms with E-state index in [-0.39, 0.29) is 0 Å². The Morgan fingerprint density at radius 3 is 1.67 bits per heavy atom. The van der Waals surface area contributed by atoms with Gasteiger partial charge in [-0.15, -0.1) is 0 Å². The van der Waals surface area contributed by atoms with Crippen LogP contribution < -0.4 is 0 Å². The largest absolute Gasteiger partial charge is 0.0885 e. The molecule has 0 atom stereocenters. The molecule has 0 aromatic heterocycles. The molecule has 0 heteroatoms. The fourth-order valence-corrected chi connectivity index (χ4v) is 3.15. The van der Waals surface area contributed by atoms with Crippen LogP contribution in [0.4, 0.5) is 0 Å². The van der Waals surface area contributed by atoms with Crippen molar-refractivity contribution in [2.24, 2.45) is 0 Å². The van der Waals surface area contributed by atoms with E-state index >= 15 is 0 Å². The van der Waals surface area contributed by atoms with Crippen LogP contribution in [0.15, 0.2) is 42.5 Å². The van der Waals surface area contributed by atoms with E-state index in [0.29, 0.717) is 0 Å². The van der Waals surface area contributed by atoms with Gasteiger partial charge in [-0.3, -0.25) is 0 Å². The molecular formula is C24H39. The molecule has 0 spiro atoms. The molecular weight excluding hydrogens is 288 g/mol. The molecule has 1 aromatic carbocycles. The highest BCUT2D eigenvalue weighted by atomic mass is 14.0. The van der Waals surface area contributed by atoms with Gasteiger partial charge in [0.2, 0.25) is 0 Å². The summed E-state index contributed by atoms with van der Waals surface area (Å²) in [5, 5.41) is 0. The second-order valence-electron chi connectivity index (χ2n) is 7.03. The lowest BCUT2D eigenvalue weighted by molar-refractivity contribution is 0.596. The SMILES string of the molecule is [CH2]CCCCCCC/C=C\CCCCCCCCc1ccccc1. The fourth-order valence-electron chi connectivity index (χ4n) is 3.15. The smallest absolute Gasteiger partial charge is 0.0279 e. The number of rotatable bonds is 16. The van der Waals surface area contributed by atoms with Gasteiger partial charge in [-0.1, -0.05) is 107 Å². The van der Waals surface area contributed by atoms with Crippen molar-refractivity contribution in [3.8, 4) is 0 Å². The van der Waals surface area contributed by atoms with E-state index in [2.05, 4.69) is 49.4 Å². The molecule has 0 aliphatic heterocycles. The molecule has 0 bridgehead atoms. The number of hydrogen-bond donors (Lipinski definition) is 0. The number of benzene rings is 1. The summed E-state index contributed by atoms with van der Waals surface area (Å²) in [5.41, 5.74) is 1.49. The fraction of sp³-hybridized carbons (Fsp3) is 0.625. The molecule has 24 heavy (non-hydrogen) atoms. The van der Waals surface area contributed by atoms with Crippen LogP contribution in [0.25, 0.3) is 0 Å². The van der Waals surface area contributed by atoms with Gasteiger partial charge in [0.25, 0.3) is 0 Å². The molecule has 135 valence electrons. The van der Waals surface area contributed by atoms with E-state index in [1.165, 1.54) is 95.5 Å². The number of allylic oxidation sites excluding steroid dienone is 2. The molecule has 0 fully saturated rings. The Morgan fingerprint density at radius 1 is 0.583 bits per heavy atom. The minimum atomic E-state index is 1.10. The first-order chi connectivity index (χ1) is 11.9. The van der Waals surface area contributed by atoms with Crippen molar-refractivity contribution >= 4 is 0 Å². The highest BCUT2D eigenvalue weighted by Gasteiger charge is 1.93. The number of hydrogen-bond acceptors (Lipinski definition) is 0. The second-order valence-corrected chi connectivity index (χ2v) is 7.03. The second kappa shape index (κ2) is 16.8. The Morgan fingerprint density at radius 2 is 1.08 bits per heavy atom. The minimum Gasteiger partial charge on any atom is -0.0885 e. The average Bonchev–Trinajstić information content (AvgIpc) is 2.62. The monoisotopic (exact) mass is 327 g/mol. The van der Waals surface area contributed by atoms with Gasteiger partial charge in [0.05, 0.1) is 0 Å². The van der Waals surface area contributed by atoms with Crippen molar-refractivity contribution in [1.29, 1.82) is 0 Å². The van der Waals surface area contributed by atoms with Gasteiger partial charge in [-0.2, -0.15) is 0 Å². The molecule has 0 heterocycles. The Bertz CT molecular complexity index is 376. The van der Waals surface area contributed by atoms with Gasteiger partial charge in [0, 0.05) is 0 Å². The van der Waals surface area contributed by atoms with Crippen molar-refractivity contribution < 1.29 is 0 Å². The Kier molecular flexibility index (Phi) is 14.7. The molecule has 0 saturated carbocycles. The lowest BCUT2D eigenvalue weighted by atomic mass is 10.0. The number of aryl methyl sites for hydroxylation is 1. The quantitative estimate of drug-likeness (QED) is 0.212. The first-order valence-electron chi connectivity index (χ1n) is 10.4. The third-order valence-corrected chi connectivity index (χ3v) is 4.72. The zero-order valence-electron chi connectivity index (χ0n) is 15.9. The van der Waals surface area contributed by atoms with Crippen molar-refractivity contribution in [1.82, 2.24) is 0 Å². The minimum absolute atomic E-state index is 1.10. The molecule has 0 N–H and O–H groups in total. The summed E-state index contributed by atoms with van der Waals surface area (Å²) in [5.74, 6) is 0. The van der Waals surface area contributed by atoms with Crippen LogP contribution in [0.1, 0.15) is 95.5 Å². The topological polar surface area (TPSA) is 0 Å². The summed E-state index contributed by atoms with van der Waals surface area (Å²) in [6.45, 7) is 3.89. The zero-order valence-corrected chi connectivity index (χ0v) is 15.9. The third kappa shape index (κ3) is 13.4. The molecule has 0 unspecified atom stereocenters. The zero-order chi connectivity index (χ0) is 17.1. The first-order valence-corrected chi connectivity index (χ1v) is 10.4. The third-order valence-electron chi connectivity index (χ3n) is 4.72. The molecule has 0 aliphatic carbocycles. The first kappa shape index (κ1) is 21.0. The summed E-state index contributed by atoms with van der Waals surface area (Å²) >= 11 is 0. The highest BCUT2D eigenvalue weighted by molar-refractivity contribution is 5.14. The summed E-state index contributed by atoms with van der Waals surface area (Å²) in [6.07, 6.45) is 24.9. The maximum atomic E-state index is 3.89. The van der Waals surface area contributed by atoms with E-state index in [9.17, 15) is 0 Å². The molecule has 0 nitrogen and oxygen atoms in total. The van der Waals surface area contributed by atoms with Crippen molar-refractivity contribution in [3.63, 3.8) is 0 Å². The van der Waals surface area contributed by atoms with Crippen LogP contribution in [-0.4, -0.2) is 0 Å². The summed E-state index contributed by atoms with van der Waals surface area (Å²) in [4.78, 5) is 0. The number of unbranched alkanes of at least 4 members (excludes halogenated alkanes) is 12. The lowest BCUT2D eigenvalue weighted by Gasteiger charge is -2.02. The molecule has 1 rings (SSSR count). The van der Waals surface area contributed by atoms with Crippen molar-refractivity contribution in [2.75, 3.05) is 0 Å². The molecule has 0 amide bonds. The van der Waals surface area contributed by atoms with Gasteiger partial charge in [-0.25, -0.2) is 0 Å². The molecule has 1 radical (unpaired) electrons. The van der Waals surface area contributed by atoms with E-state index in [4.69, 9.17) is 0 Å². The lowest BCUT2D eigenvalue weighted by Crippen LogP contribution is -1.85. The van der Waals surface area contributed by atoms with Crippen LogP contribution in [0, 0.1) is 6.92 Å². The van der Waals surface area contributed by atoms with Crippen LogP contribution in [-0.2, 0) is 6.42 Å². The van der Waals surface area contributed by atoms with Crippen LogP contribution in [0.5, 0.6) is 0 Å². The van der Waals surface area contributed by atoms with Gasteiger partial charge >= 0.3 is 0 Å².